The molecule has 4 rings (SSSR count). The van der Waals surface area contributed by atoms with E-state index in [9.17, 15) is 9.59 Å². The Morgan fingerprint density at radius 2 is 1.94 bits per heavy atom. The lowest BCUT2D eigenvalue weighted by Crippen LogP contribution is -2.50. The SMILES string of the molecule is CC(C)C(NC(=O)Cc1ccc2ccccc2c1)C(=O)NCc1n[nH]c(=S)n1C1CC1. The molecule has 0 bridgehead atoms. The molecule has 3 aromatic rings. The summed E-state index contributed by atoms with van der Waals surface area (Å²) in [6.45, 7) is 4.11. The van der Waals surface area contributed by atoms with E-state index in [1.54, 1.807) is 0 Å². The molecule has 1 atom stereocenters. The number of aromatic amines is 1. The molecule has 8 heteroatoms. The van der Waals surface area contributed by atoms with Crippen molar-refractivity contribution in [3.05, 3.63) is 58.6 Å². The summed E-state index contributed by atoms with van der Waals surface area (Å²) in [5.41, 5.74) is 0.916. The Balaban J connectivity index is 1.37. The van der Waals surface area contributed by atoms with Gasteiger partial charge in [-0.2, -0.15) is 5.10 Å². The van der Waals surface area contributed by atoms with Crippen LogP contribution in [-0.4, -0.2) is 32.6 Å². The topological polar surface area (TPSA) is 91.8 Å². The van der Waals surface area contributed by atoms with Gasteiger partial charge in [-0.25, -0.2) is 0 Å². The van der Waals surface area contributed by atoms with Crippen molar-refractivity contribution in [1.29, 1.82) is 0 Å². The Bertz CT molecular complexity index is 1160. The minimum Gasteiger partial charge on any atom is -0.347 e. The average molecular weight is 438 g/mol. The first-order valence-corrected chi connectivity index (χ1v) is 11.0. The molecule has 1 heterocycles. The number of carbonyl (C=O) groups is 2. The van der Waals surface area contributed by atoms with Crippen molar-refractivity contribution >= 4 is 34.8 Å². The van der Waals surface area contributed by atoms with E-state index in [4.69, 9.17) is 12.2 Å². The number of benzene rings is 2. The molecule has 1 aliphatic rings. The van der Waals surface area contributed by atoms with Crippen LogP contribution < -0.4 is 10.6 Å². The molecule has 1 saturated carbocycles. The maximum Gasteiger partial charge on any atom is 0.243 e. The van der Waals surface area contributed by atoms with E-state index in [1.165, 1.54) is 0 Å². The maximum atomic E-state index is 12.8. The van der Waals surface area contributed by atoms with E-state index in [-0.39, 0.29) is 30.7 Å². The number of H-pyrrole nitrogens is 1. The Labute approximate surface area is 186 Å². The zero-order valence-electron chi connectivity index (χ0n) is 17.7. The van der Waals surface area contributed by atoms with Gasteiger partial charge < -0.3 is 10.6 Å². The van der Waals surface area contributed by atoms with Crippen LogP contribution >= 0.6 is 12.2 Å². The van der Waals surface area contributed by atoms with Crippen LogP contribution in [0.1, 0.15) is 44.1 Å². The monoisotopic (exact) mass is 437 g/mol. The molecule has 7 nitrogen and oxygen atoms in total. The first kappa shape index (κ1) is 21.2. The van der Waals surface area contributed by atoms with E-state index < -0.39 is 6.04 Å². The summed E-state index contributed by atoms with van der Waals surface area (Å²) >= 11 is 5.29. The normalized spacial score (nSPS) is 14.5. The van der Waals surface area contributed by atoms with Crippen LogP contribution in [0.15, 0.2) is 42.5 Å². The number of fused-ring (bicyclic) bond motifs is 1. The van der Waals surface area contributed by atoms with Gasteiger partial charge in [0.15, 0.2) is 10.6 Å². The van der Waals surface area contributed by atoms with Gasteiger partial charge in [-0.3, -0.25) is 19.3 Å². The summed E-state index contributed by atoms with van der Waals surface area (Å²) in [4.78, 5) is 25.5. The molecule has 0 spiro atoms. The third-order valence-corrected chi connectivity index (χ3v) is 5.84. The molecule has 0 saturated heterocycles. The summed E-state index contributed by atoms with van der Waals surface area (Å²) in [5, 5.41) is 15.1. The molecular formula is C23H27N5O2S. The molecule has 1 fully saturated rings. The Kier molecular flexibility index (Phi) is 6.18. The molecule has 162 valence electrons. The van der Waals surface area contributed by atoms with Gasteiger partial charge in [0.05, 0.1) is 13.0 Å². The van der Waals surface area contributed by atoms with Gasteiger partial charge in [-0.05, 0) is 47.3 Å². The molecule has 31 heavy (non-hydrogen) atoms. The van der Waals surface area contributed by atoms with Crippen LogP contribution in [0.4, 0.5) is 0 Å². The minimum absolute atomic E-state index is 0.0511. The molecule has 1 aliphatic carbocycles. The van der Waals surface area contributed by atoms with Gasteiger partial charge in [0, 0.05) is 6.04 Å². The van der Waals surface area contributed by atoms with Gasteiger partial charge in [0.25, 0.3) is 0 Å². The number of rotatable bonds is 8. The molecular weight excluding hydrogens is 410 g/mol. The number of nitrogens with one attached hydrogen (secondary N) is 3. The molecule has 1 aromatic heterocycles. The quantitative estimate of drug-likeness (QED) is 0.471. The Hall–Kier alpha value is -3.00. The summed E-state index contributed by atoms with van der Waals surface area (Å²) < 4.78 is 2.55. The highest BCUT2D eigenvalue weighted by atomic mass is 32.1. The third-order valence-electron chi connectivity index (χ3n) is 5.55. The lowest BCUT2D eigenvalue weighted by molar-refractivity contribution is -0.129. The first-order chi connectivity index (χ1) is 14.9. The number of aromatic nitrogens is 3. The van der Waals surface area contributed by atoms with Crippen molar-refractivity contribution in [1.82, 2.24) is 25.4 Å². The number of carbonyl (C=O) groups excluding carboxylic acids is 2. The van der Waals surface area contributed by atoms with E-state index in [0.717, 1.165) is 29.2 Å². The second kappa shape index (κ2) is 9.01. The van der Waals surface area contributed by atoms with Gasteiger partial charge in [0.1, 0.15) is 6.04 Å². The number of hydrogen-bond acceptors (Lipinski definition) is 4. The number of nitrogens with zero attached hydrogens (tertiary/aromatic N) is 2. The van der Waals surface area contributed by atoms with Crippen molar-refractivity contribution < 1.29 is 9.59 Å². The van der Waals surface area contributed by atoms with Crippen LogP contribution in [0.3, 0.4) is 0 Å². The minimum atomic E-state index is -0.621. The lowest BCUT2D eigenvalue weighted by Gasteiger charge is -2.22. The Morgan fingerprint density at radius 3 is 2.65 bits per heavy atom. The van der Waals surface area contributed by atoms with Gasteiger partial charge in [0.2, 0.25) is 11.8 Å². The predicted octanol–water partition coefficient (Wildman–Crippen LogP) is 3.43. The smallest absolute Gasteiger partial charge is 0.243 e. The molecule has 3 N–H and O–H groups in total. The second-order valence-corrected chi connectivity index (χ2v) is 8.80. The van der Waals surface area contributed by atoms with Crippen molar-refractivity contribution in [3.8, 4) is 0 Å². The first-order valence-electron chi connectivity index (χ1n) is 10.6. The van der Waals surface area contributed by atoms with Crippen LogP contribution in [0, 0.1) is 10.7 Å². The standard InChI is InChI=1S/C23H27N5O2S/c1-14(2)21(22(30)24-13-19-26-27-23(31)28(19)18-9-10-18)25-20(29)12-15-7-8-16-5-3-4-6-17(16)11-15/h3-8,11,14,18,21H,9-10,12-13H2,1-2H3,(H,24,30)(H,25,29)(H,27,31). The fourth-order valence-corrected chi connectivity index (χ4v) is 4.04. The molecule has 0 aliphatic heterocycles. The highest BCUT2D eigenvalue weighted by Gasteiger charge is 2.28. The zero-order chi connectivity index (χ0) is 22.0. The highest BCUT2D eigenvalue weighted by molar-refractivity contribution is 7.71. The fraction of sp³-hybridized carbons (Fsp3) is 0.391. The van der Waals surface area contributed by atoms with Gasteiger partial charge >= 0.3 is 0 Å². The second-order valence-electron chi connectivity index (χ2n) is 8.41. The van der Waals surface area contributed by atoms with E-state index in [0.29, 0.717) is 16.6 Å². The number of hydrogen-bond donors (Lipinski definition) is 3. The zero-order valence-corrected chi connectivity index (χ0v) is 18.5. The van der Waals surface area contributed by atoms with Crippen molar-refractivity contribution in [3.63, 3.8) is 0 Å². The van der Waals surface area contributed by atoms with Crippen LogP contribution in [0.25, 0.3) is 10.8 Å². The van der Waals surface area contributed by atoms with Crippen LogP contribution in [-0.2, 0) is 22.6 Å². The molecule has 1 unspecified atom stereocenters. The third kappa shape index (κ3) is 5.02. The number of amides is 2. The van der Waals surface area contributed by atoms with E-state index in [1.807, 2.05) is 60.9 Å². The lowest BCUT2D eigenvalue weighted by atomic mass is 10.0. The van der Waals surface area contributed by atoms with Crippen molar-refractivity contribution in [2.24, 2.45) is 5.92 Å². The van der Waals surface area contributed by atoms with Crippen molar-refractivity contribution in [2.45, 2.75) is 51.7 Å². The van der Waals surface area contributed by atoms with Crippen LogP contribution in [0.5, 0.6) is 0 Å². The summed E-state index contributed by atoms with van der Waals surface area (Å²) in [7, 11) is 0. The van der Waals surface area contributed by atoms with E-state index in [2.05, 4.69) is 20.8 Å². The van der Waals surface area contributed by atoms with E-state index >= 15 is 0 Å². The largest absolute Gasteiger partial charge is 0.347 e. The maximum absolute atomic E-state index is 12.8. The summed E-state index contributed by atoms with van der Waals surface area (Å²) in [6, 6.07) is 13.8. The Morgan fingerprint density at radius 1 is 1.19 bits per heavy atom. The van der Waals surface area contributed by atoms with Gasteiger partial charge in [-0.15, -0.1) is 0 Å². The highest BCUT2D eigenvalue weighted by Crippen LogP contribution is 2.35. The molecule has 0 radical (unpaired) electrons. The van der Waals surface area contributed by atoms with Crippen LogP contribution in [0.2, 0.25) is 0 Å². The predicted molar refractivity (Wildman–Crippen MR) is 122 cm³/mol. The van der Waals surface area contributed by atoms with Crippen molar-refractivity contribution in [2.75, 3.05) is 0 Å². The fourth-order valence-electron chi connectivity index (χ4n) is 3.74. The summed E-state index contributed by atoms with van der Waals surface area (Å²) in [5.74, 6) is 0.263. The summed E-state index contributed by atoms with van der Waals surface area (Å²) in [6.07, 6.45) is 2.38. The molecule has 2 aromatic carbocycles. The molecule has 2 amide bonds. The van der Waals surface area contributed by atoms with Gasteiger partial charge in [-0.1, -0.05) is 56.3 Å². The average Bonchev–Trinajstić information content (AvgIpc) is 3.52.